The smallest absolute Gasteiger partial charge is 0.298 e. The van der Waals surface area contributed by atoms with E-state index in [0.717, 1.165) is 22.2 Å². The molecule has 0 radical (unpaired) electrons. The molecule has 1 saturated heterocycles. The standard InChI is InChI=1S/C24H15BrCl3NO4S/c1-32-20-8-14(17(25)11-21(20)33-12-13-5-6-18(27)19(28)7-13)9-22-23(30)29(24(31)34-22)16-4-2-3-15(26)10-16/h2-11H,12H2,1H3/b22-9+. The number of amides is 2. The average Bonchev–Trinajstić information content (AvgIpc) is 3.08. The molecular weight excluding hydrogens is 585 g/mol. The van der Waals surface area contributed by atoms with Crippen LogP contribution in [0.2, 0.25) is 15.1 Å². The van der Waals surface area contributed by atoms with Crippen LogP contribution < -0.4 is 14.4 Å². The van der Waals surface area contributed by atoms with Gasteiger partial charge in [0.2, 0.25) is 0 Å². The van der Waals surface area contributed by atoms with Crippen LogP contribution in [-0.4, -0.2) is 18.3 Å². The number of thioether (sulfide) groups is 1. The quantitative estimate of drug-likeness (QED) is 0.267. The third-order valence-electron chi connectivity index (χ3n) is 4.81. The lowest BCUT2D eigenvalue weighted by Crippen LogP contribution is -2.27. The maximum atomic E-state index is 13.0. The molecule has 0 aliphatic carbocycles. The van der Waals surface area contributed by atoms with Crippen molar-refractivity contribution in [3.05, 3.63) is 90.2 Å². The van der Waals surface area contributed by atoms with Crippen molar-refractivity contribution in [2.24, 2.45) is 0 Å². The van der Waals surface area contributed by atoms with E-state index < -0.39 is 11.1 Å². The molecule has 0 atom stereocenters. The van der Waals surface area contributed by atoms with Gasteiger partial charge in [0.15, 0.2) is 11.5 Å². The summed E-state index contributed by atoms with van der Waals surface area (Å²) in [6.45, 7) is 0.248. The van der Waals surface area contributed by atoms with Crippen molar-refractivity contribution in [3.63, 3.8) is 0 Å². The van der Waals surface area contributed by atoms with Crippen LogP contribution in [0.4, 0.5) is 10.5 Å². The first-order chi connectivity index (χ1) is 16.3. The van der Waals surface area contributed by atoms with Gasteiger partial charge in [-0.05, 0) is 71.4 Å². The first kappa shape index (κ1) is 24.9. The van der Waals surface area contributed by atoms with Crippen molar-refractivity contribution >= 4 is 85.4 Å². The van der Waals surface area contributed by atoms with Gasteiger partial charge in [0, 0.05) is 9.50 Å². The third kappa shape index (κ3) is 5.39. The van der Waals surface area contributed by atoms with E-state index in [-0.39, 0.29) is 11.5 Å². The Morgan fingerprint density at radius 2 is 1.79 bits per heavy atom. The fraction of sp³-hybridized carbons (Fsp3) is 0.0833. The Bertz CT molecular complexity index is 1330. The highest BCUT2D eigenvalue weighted by atomic mass is 79.9. The number of carbonyl (C=O) groups excluding carboxylic acids is 2. The number of nitrogens with zero attached hydrogens (tertiary/aromatic N) is 1. The molecule has 5 nitrogen and oxygen atoms in total. The van der Waals surface area contributed by atoms with Crippen LogP contribution in [0, 0.1) is 0 Å². The van der Waals surface area contributed by atoms with Gasteiger partial charge in [0.1, 0.15) is 6.61 Å². The van der Waals surface area contributed by atoms with E-state index >= 15 is 0 Å². The Balaban J connectivity index is 1.58. The third-order valence-corrected chi connectivity index (χ3v) is 7.34. The molecule has 0 unspecified atom stereocenters. The molecule has 1 fully saturated rings. The zero-order chi connectivity index (χ0) is 24.4. The molecule has 0 spiro atoms. The molecule has 0 aromatic heterocycles. The number of carbonyl (C=O) groups is 2. The highest BCUT2D eigenvalue weighted by molar-refractivity contribution is 9.10. The molecule has 1 aliphatic rings. The lowest BCUT2D eigenvalue weighted by atomic mass is 10.1. The van der Waals surface area contributed by atoms with E-state index in [9.17, 15) is 9.59 Å². The SMILES string of the molecule is COc1cc(/C=C2/SC(=O)N(c3cccc(Cl)c3)C2=O)c(Br)cc1OCc1ccc(Cl)c(Cl)c1. The van der Waals surface area contributed by atoms with Crippen molar-refractivity contribution in [1.29, 1.82) is 0 Å². The van der Waals surface area contributed by atoms with E-state index in [1.807, 2.05) is 6.07 Å². The Hall–Kier alpha value is -2.16. The van der Waals surface area contributed by atoms with Crippen LogP contribution in [0.5, 0.6) is 11.5 Å². The van der Waals surface area contributed by atoms with Crippen LogP contribution in [-0.2, 0) is 11.4 Å². The number of halogens is 4. The lowest BCUT2D eigenvalue weighted by Gasteiger charge is -2.14. The van der Waals surface area contributed by atoms with Gasteiger partial charge in [0.05, 0.1) is 27.7 Å². The summed E-state index contributed by atoms with van der Waals surface area (Å²) in [6, 6.07) is 15.3. The predicted octanol–water partition coefficient (Wildman–Crippen LogP) is 8.24. The van der Waals surface area contributed by atoms with Gasteiger partial charge < -0.3 is 9.47 Å². The first-order valence-corrected chi connectivity index (χ1v) is 12.5. The van der Waals surface area contributed by atoms with Crippen molar-refractivity contribution in [3.8, 4) is 11.5 Å². The van der Waals surface area contributed by atoms with Crippen molar-refractivity contribution < 1.29 is 19.1 Å². The maximum absolute atomic E-state index is 13.0. The van der Waals surface area contributed by atoms with E-state index in [4.69, 9.17) is 44.3 Å². The summed E-state index contributed by atoms with van der Waals surface area (Å²) in [5, 5.41) is 0.945. The second kappa shape index (κ2) is 10.6. The summed E-state index contributed by atoms with van der Waals surface area (Å²) in [5.41, 5.74) is 1.91. The number of methoxy groups -OCH3 is 1. The normalized spacial score (nSPS) is 14.7. The molecule has 4 rings (SSSR count). The Labute approximate surface area is 223 Å². The highest BCUT2D eigenvalue weighted by Gasteiger charge is 2.36. The van der Waals surface area contributed by atoms with E-state index in [0.29, 0.717) is 42.3 Å². The number of hydrogen-bond acceptors (Lipinski definition) is 5. The van der Waals surface area contributed by atoms with E-state index in [1.165, 1.54) is 7.11 Å². The molecule has 3 aromatic carbocycles. The molecule has 10 heteroatoms. The zero-order valence-electron chi connectivity index (χ0n) is 17.5. The highest BCUT2D eigenvalue weighted by Crippen LogP contribution is 2.40. The van der Waals surface area contributed by atoms with Crippen LogP contribution in [0.1, 0.15) is 11.1 Å². The minimum absolute atomic E-state index is 0.248. The Kier molecular flexibility index (Phi) is 7.80. The molecule has 174 valence electrons. The number of ether oxygens (including phenoxy) is 2. The van der Waals surface area contributed by atoms with E-state index in [2.05, 4.69) is 15.9 Å². The van der Waals surface area contributed by atoms with Crippen LogP contribution in [0.25, 0.3) is 6.08 Å². The fourth-order valence-corrected chi connectivity index (χ4v) is 4.95. The number of rotatable bonds is 6. The topological polar surface area (TPSA) is 55.8 Å². The molecular formula is C24H15BrCl3NO4S. The summed E-state index contributed by atoms with van der Waals surface area (Å²) in [7, 11) is 1.52. The molecule has 3 aromatic rings. The maximum Gasteiger partial charge on any atom is 0.298 e. The molecule has 1 aliphatic heterocycles. The van der Waals surface area contributed by atoms with Gasteiger partial charge in [-0.15, -0.1) is 0 Å². The van der Waals surface area contributed by atoms with E-state index in [1.54, 1.807) is 54.6 Å². The molecule has 0 N–H and O–H groups in total. The Morgan fingerprint density at radius 3 is 2.50 bits per heavy atom. The first-order valence-electron chi connectivity index (χ1n) is 9.74. The van der Waals surface area contributed by atoms with Gasteiger partial charge in [0.25, 0.3) is 11.1 Å². The largest absolute Gasteiger partial charge is 0.493 e. The van der Waals surface area contributed by atoms with Crippen molar-refractivity contribution in [2.75, 3.05) is 12.0 Å². The number of anilines is 1. The number of benzene rings is 3. The number of imide groups is 1. The minimum atomic E-state index is -0.428. The summed E-state index contributed by atoms with van der Waals surface area (Å²) < 4.78 is 12.1. The second-order valence-corrected chi connectivity index (χ2v) is 10.2. The molecule has 0 bridgehead atoms. The van der Waals surface area contributed by atoms with Crippen molar-refractivity contribution in [2.45, 2.75) is 6.61 Å². The Morgan fingerprint density at radius 1 is 1.00 bits per heavy atom. The zero-order valence-corrected chi connectivity index (χ0v) is 22.2. The van der Waals surface area contributed by atoms with Crippen LogP contribution in [0.3, 0.4) is 0 Å². The van der Waals surface area contributed by atoms with Gasteiger partial charge >= 0.3 is 0 Å². The lowest BCUT2D eigenvalue weighted by molar-refractivity contribution is -0.113. The summed E-state index contributed by atoms with van der Waals surface area (Å²) >= 11 is 22.4. The monoisotopic (exact) mass is 597 g/mol. The molecule has 34 heavy (non-hydrogen) atoms. The molecule has 0 saturated carbocycles. The second-order valence-electron chi connectivity index (χ2n) is 7.06. The van der Waals surface area contributed by atoms with Gasteiger partial charge in [-0.3, -0.25) is 9.59 Å². The predicted molar refractivity (Wildman–Crippen MR) is 141 cm³/mol. The summed E-state index contributed by atoms with van der Waals surface area (Å²) in [6.07, 6.45) is 1.63. The fourth-order valence-electron chi connectivity index (χ4n) is 3.17. The van der Waals surface area contributed by atoms with Gasteiger partial charge in [-0.2, -0.15) is 0 Å². The minimum Gasteiger partial charge on any atom is -0.493 e. The van der Waals surface area contributed by atoms with Gasteiger partial charge in [-0.1, -0.05) is 62.9 Å². The number of hydrogen-bond donors (Lipinski definition) is 0. The van der Waals surface area contributed by atoms with Crippen LogP contribution >= 0.6 is 62.5 Å². The molecule has 1 heterocycles. The van der Waals surface area contributed by atoms with Crippen molar-refractivity contribution in [1.82, 2.24) is 0 Å². The van der Waals surface area contributed by atoms with Crippen LogP contribution in [0.15, 0.2) is 64.0 Å². The molecule has 2 amide bonds. The summed E-state index contributed by atoms with van der Waals surface area (Å²) in [5.74, 6) is 0.524. The summed E-state index contributed by atoms with van der Waals surface area (Å²) in [4.78, 5) is 26.9. The average molecular weight is 600 g/mol. The van der Waals surface area contributed by atoms with Gasteiger partial charge in [-0.25, -0.2) is 4.90 Å².